The summed E-state index contributed by atoms with van der Waals surface area (Å²) in [6, 6.07) is 0. The van der Waals surface area contributed by atoms with Crippen molar-refractivity contribution in [2.75, 3.05) is 31.6 Å². The van der Waals surface area contributed by atoms with Crippen molar-refractivity contribution in [1.29, 1.82) is 0 Å². The Kier molecular flexibility index (Phi) is 5.23. The fraction of sp³-hybridized carbons (Fsp3) is 0.889. The van der Waals surface area contributed by atoms with Crippen molar-refractivity contribution in [3.05, 3.63) is 0 Å². The van der Waals surface area contributed by atoms with Gasteiger partial charge in [-0.25, -0.2) is 0 Å². The molecule has 1 amide bonds. The van der Waals surface area contributed by atoms with Crippen molar-refractivity contribution in [2.45, 2.75) is 12.8 Å². The highest BCUT2D eigenvalue weighted by Crippen LogP contribution is 2.05. The second kappa shape index (κ2) is 6.27. The molecule has 2 N–H and O–H groups in total. The maximum Gasteiger partial charge on any atom is 0.220 e. The fourth-order valence-electron chi connectivity index (χ4n) is 1.43. The average Bonchev–Trinajstić information content (AvgIpc) is 2.64. The van der Waals surface area contributed by atoms with Gasteiger partial charge in [-0.3, -0.25) is 4.79 Å². The Labute approximate surface area is 84.0 Å². The van der Waals surface area contributed by atoms with E-state index in [1.165, 1.54) is 6.42 Å². The van der Waals surface area contributed by atoms with Gasteiger partial charge >= 0.3 is 0 Å². The minimum absolute atomic E-state index is 0.196. The molecule has 1 rings (SSSR count). The van der Waals surface area contributed by atoms with Crippen LogP contribution >= 0.6 is 11.8 Å². The quantitative estimate of drug-likeness (QED) is 0.681. The molecule has 1 atom stereocenters. The molecule has 0 aliphatic carbocycles. The monoisotopic (exact) mass is 202 g/mol. The third-order valence-electron chi connectivity index (χ3n) is 2.28. The van der Waals surface area contributed by atoms with E-state index in [1.54, 1.807) is 11.8 Å². The molecule has 3 nitrogen and oxygen atoms in total. The molecular weight excluding hydrogens is 184 g/mol. The van der Waals surface area contributed by atoms with Crippen LogP contribution in [0.25, 0.3) is 0 Å². The molecule has 0 aromatic rings. The summed E-state index contributed by atoms with van der Waals surface area (Å²) in [7, 11) is 0. The van der Waals surface area contributed by atoms with Gasteiger partial charge in [0.25, 0.3) is 0 Å². The molecule has 1 fully saturated rings. The van der Waals surface area contributed by atoms with Gasteiger partial charge in [-0.1, -0.05) is 0 Å². The number of carbonyl (C=O) groups excluding carboxylic acids is 1. The molecule has 0 saturated carbocycles. The van der Waals surface area contributed by atoms with Crippen LogP contribution in [0.3, 0.4) is 0 Å². The molecule has 1 saturated heterocycles. The Bertz CT molecular complexity index is 158. The van der Waals surface area contributed by atoms with Crippen molar-refractivity contribution < 1.29 is 4.79 Å². The van der Waals surface area contributed by atoms with Crippen molar-refractivity contribution in [3.8, 4) is 0 Å². The van der Waals surface area contributed by atoms with E-state index in [0.29, 0.717) is 12.3 Å². The molecule has 0 aromatic heterocycles. The lowest BCUT2D eigenvalue weighted by Gasteiger charge is -2.09. The third kappa shape index (κ3) is 4.52. The van der Waals surface area contributed by atoms with E-state index >= 15 is 0 Å². The Morgan fingerprint density at radius 1 is 1.69 bits per heavy atom. The first-order valence-electron chi connectivity index (χ1n) is 4.79. The van der Waals surface area contributed by atoms with Crippen LogP contribution in [0.15, 0.2) is 0 Å². The summed E-state index contributed by atoms with van der Waals surface area (Å²) in [5.74, 6) is 1.77. The van der Waals surface area contributed by atoms with Gasteiger partial charge in [0, 0.05) is 18.7 Å². The van der Waals surface area contributed by atoms with Gasteiger partial charge in [0.1, 0.15) is 0 Å². The van der Waals surface area contributed by atoms with Crippen molar-refractivity contribution in [2.24, 2.45) is 5.92 Å². The van der Waals surface area contributed by atoms with Crippen LogP contribution in [-0.4, -0.2) is 37.6 Å². The van der Waals surface area contributed by atoms with Crippen molar-refractivity contribution in [3.63, 3.8) is 0 Å². The SMILES string of the molecule is CSCCC(=O)NCC1CCNC1. The number of thioether (sulfide) groups is 1. The van der Waals surface area contributed by atoms with E-state index < -0.39 is 0 Å². The predicted octanol–water partition coefficient (Wildman–Crippen LogP) is 0.465. The lowest BCUT2D eigenvalue weighted by atomic mass is 10.1. The summed E-state index contributed by atoms with van der Waals surface area (Å²) in [5, 5.41) is 6.25. The Morgan fingerprint density at radius 2 is 2.54 bits per heavy atom. The standard InChI is InChI=1S/C9H18N2OS/c1-13-5-3-9(12)11-7-8-2-4-10-6-8/h8,10H,2-7H2,1H3,(H,11,12). The molecule has 0 aromatic carbocycles. The lowest BCUT2D eigenvalue weighted by Crippen LogP contribution is -2.30. The van der Waals surface area contributed by atoms with Crippen LogP contribution in [0.2, 0.25) is 0 Å². The molecule has 0 spiro atoms. The van der Waals surface area contributed by atoms with Gasteiger partial charge in [-0.05, 0) is 31.7 Å². The van der Waals surface area contributed by atoms with Crippen LogP contribution in [0.1, 0.15) is 12.8 Å². The maximum atomic E-state index is 11.2. The second-order valence-electron chi connectivity index (χ2n) is 3.41. The molecule has 1 aliphatic heterocycles. The Balaban J connectivity index is 2.00. The summed E-state index contributed by atoms with van der Waals surface area (Å²) < 4.78 is 0. The lowest BCUT2D eigenvalue weighted by molar-refractivity contribution is -0.120. The van der Waals surface area contributed by atoms with Gasteiger partial charge in [0.2, 0.25) is 5.91 Å². The first kappa shape index (κ1) is 10.9. The predicted molar refractivity (Wildman–Crippen MR) is 57.0 cm³/mol. The zero-order valence-electron chi connectivity index (χ0n) is 8.14. The van der Waals surface area contributed by atoms with E-state index in [0.717, 1.165) is 25.4 Å². The third-order valence-corrected chi connectivity index (χ3v) is 2.90. The molecule has 1 unspecified atom stereocenters. The number of amides is 1. The Hall–Kier alpha value is -0.220. The molecule has 1 aliphatic rings. The molecule has 0 bridgehead atoms. The molecule has 76 valence electrons. The van der Waals surface area contributed by atoms with Crippen molar-refractivity contribution in [1.82, 2.24) is 10.6 Å². The number of nitrogens with one attached hydrogen (secondary N) is 2. The summed E-state index contributed by atoms with van der Waals surface area (Å²) in [4.78, 5) is 11.2. The molecule has 13 heavy (non-hydrogen) atoms. The maximum absolute atomic E-state index is 11.2. The minimum Gasteiger partial charge on any atom is -0.356 e. The van der Waals surface area contributed by atoms with Gasteiger partial charge in [0.05, 0.1) is 0 Å². The summed E-state index contributed by atoms with van der Waals surface area (Å²) in [6.45, 7) is 3.01. The van der Waals surface area contributed by atoms with Crippen LogP contribution < -0.4 is 10.6 Å². The van der Waals surface area contributed by atoms with E-state index in [4.69, 9.17) is 0 Å². The van der Waals surface area contributed by atoms with Gasteiger partial charge < -0.3 is 10.6 Å². The first-order chi connectivity index (χ1) is 6.33. The van der Waals surface area contributed by atoms with Crippen molar-refractivity contribution >= 4 is 17.7 Å². The zero-order chi connectivity index (χ0) is 9.52. The van der Waals surface area contributed by atoms with E-state index in [-0.39, 0.29) is 5.91 Å². The van der Waals surface area contributed by atoms with Crippen LogP contribution in [-0.2, 0) is 4.79 Å². The highest BCUT2D eigenvalue weighted by atomic mass is 32.2. The van der Waals surface area contributed by atoms with E-state index in [1.807, 2.05) is 6.26 Å². The van der Waals surface area contributed by atoms with Crippen LogP contribution in [0.5, 0.6) is 0 Å². The number of carbonyl (C=O) groups is 1. The number of hydrogen-bond acceptors (Lipinski definition) is 3. The number of hydrogen-bond donors (Lipinski definition) is 2. The first-order valence-corrected chi connectivity index (χ1v) is 6.18. The topological polar surface area (TPSA) is 41.1 Å². The largest absolute Gasteiger partial charge is 0.356 e. The summed E-state index contributed by atoms with van der Waals surface area (Å²) >= 11 is 1.71. The summed E-state index contributed by atoms with van der Waals surface area (Å²) in [6.07, 6.45) is 3.87. The van der Waals surface area contributed by atoms with Crippen LogP contribution in [0.4, 0.5) is 0 Å². The van der Waals surface area contributed by atoms with E-state index in [2.05, 4.69) is 10.6 Å². The highest BCUT2D eigenvalue weighted by molar-refractivity contribution is 7.98. The minimum atomic E-state index is 0.196. The van der Waals surface area contributed by atoms with Gasteiger partial charge in [-0.2, -0.15) is 11.8 Å². The average molecular weight is 202 g/mol. The zero-order valence-corrected chi connectivity index (χ0v) is 8.95. The van der Waals surface area contributed by atoms with Gasteiger partial charge in [0.15, 0.2) is 0 Å². The van der Waals surface area contributed by atoms with E-state index in [9.17, 15) is 4.79 Å². The normalized spacial score (nSPS) is 21.8. The molecule has 1 heterocycles. The van der Waals surface area contributed by atoms with Crippen LogP contribution in [0, 0.1) is 5.92 Å². The fourth-order valence-corrected chi connectivity index (χ4v) is 1.82. The van der Waals surface area contributed by atoms with Gasteiger partial charge in [-0.15, -0.1) is 0 Å². The smallest absolute Gasteiger partial charge is 0.220 e. The highest BCUT2D eigenvalue weighted by Gasteiger charge is 2.14. The molecular formula is C9H18N2OS. The molecule has 0 radical (unpaired) electrons. The number of rotatable bonds is 5. The Morgan fingerprint density at radius 3 is 3.15 bits per heavy atom. The summed E-state index contributed by atoms with van der Waals surface area (Å²) in [5.41, 5.74) is 0. The molecule has 4 heteroatoms. The second-order valence-corrected chi connectivity index (χ2v) is 4.39.